The van der Waals surface area contributed by atoms with Gasteiger partial charge in [-0.3, -0.25) is 0 Å². The molecule has 0 nitrogen and oxygen atoms in total. The van der Waals surface area contributed by atoms with Gasteiger partial charge in [0.1, 0.15) is 0 Å². The summed E-state index contributed by atoms with van der Waals surface area (Å²) in [6.45, 7) is 6.99. The summed E-state index contributed by atoms with van der Waals surface area (Å²) in [7, 11) is 0. The SMILES string of the molecule is C[CH]CC1CC(C)CC(C)C1. The van der Waals surface area contributed by atoms with E-state index in [9.17, 15) is 0 Å². The van der Waals surface area contributed by atoms with E-state index in [2.05, 4.69) is 27.2 Å². The predicted octanol–water partition coefficient (Wildman–Crippen LogP) is 3.67. The lowest BCUT2D eigenvalue weighted by atomic mass is 9.75. The van der Waals surface area contributed by atoms with E-state index in [0.29, 0.717) is 0 Å². The van der Waals surface area contributed by atoms with Crippen LogP contribution in [0.2, 0.25) is 0 Å². The first-order valence-corrected chi connectivity index (χ1v) is 5.00. The third kappa shape index (κ3) is 2.84. The van der Waals surface area contributed by atoms with Crippen molar-refractivity contribution in [1.82, 2.24) is 0 Å². The molecule has 2 unspecified atom stereocenters. The monoisotopic (exact) mass is 153 g/mol. The summed E-state index contributed by atoms with van der Waals surface area (Å²) >= 11 is 0. The zero-order valence-corrected chi connectivity index (χ0v) is 8.14. The van der Waals surface area contributed by atoms with Gasteiger partial charge in [-0.1, -0.05) is 20.8 Å². The molecule has 0 aliphatic heterocycles. The Morgan fingerprint density at radius 1 is 1.09 bits per heavy atom. The van der Waals surface area contributed by atoms with Crippen LogP contribution in [-0.4, -0.2) is 0 Å². The molecule has 1 fully saturated rings. The van der Waals surface area contributed by atoms with Crippen LogP contribution < -0.4 is 0 Å². The molecule has 0 heteroatoms. The second-order valence-electron chi connectivity index (χ2n) is 4.43. The van der Waals surface area contributed by atoms with Crippen molar-refractivity contribution in [2.24, 2.45) is 17.8 Å². The summed E-state index contributed by atoms with van der Waals surface area (Å²) in [4.78, 5) is 0. The van der Waals surface area contributed by atoms with Crippen LogP contribution in [-0.2, 0) is 0 Å². The smallest absolute Gasteiger partial charge is 0.0407 e. The molecule has 1 saturated carbocycles. The lowest BCUT2D eigenvalue weighted by Gasteiger charge is -2.31. The van der Waals surface area contributed by atoms with E-state index in [1.165, 1.54) is 25.7 Å². The lowest BCUT2D eigenvalue weighted by molar-refractivity contribution is 0.217. The van der Waals surface area contributed by atoms with E-state index < -0.39 is 0 Å². The van der Waals surface area contributed by atoms with Gasteiger partial charge in [0.25, 0.3) is 0 Å². The van der Waals surface area contributed by atoms with Gasteiger partial charge < -0.3 is 0 Å². The Bertz CT molecular complexity index is 96.6. The summed E-state index contributed by atoms with van der Waals surface area (Å²) in [6.07, 6.45) is 8.06. The minimum Gasteiger partial charge on any atom is -0.0625 e. The predicted molar refractivity (Wildman–Crippen MR) is 50.3 cm³/mol. The molecule has 65 valence electrons. The van der Waals surface area contributed by atoms with Crippen molar-refractivity contribution in [3.8, 4) is 0 Å². The fraction of sp³-hybridized carbons (Fsp3) is 0.909. The molecule has 0 N–H and O–H groups in total. The minimum atomic E-state index is 0.976. The molecule has 0 saturated heterocycles. The maximum absolute atomic E-state index is 2.40. The van der Waals surface area contributed by atoms with E-state index in [1.54, 1.807) is 0 Å². The molecule has 0 amide bonds. The van der Waals surface area contributed by atoms with Gasteiger partial charge in [0, 0.05) is 0 Å². The minimum absolute atomic E-state index is 0.976. The zero-order chi connectivity index (χ0) is 8.27. The Hall–Kier alpha value is 0. The van der Waals surface area contributed by atoms with Crippen molar-refractivity contribution in [2.45, 2.75) is 46.5 Å². The fourth-order valence-corrected chi connectivity index (χ4v) is 2.64. The molecule has 1 rings (SSSR count). The topological polar surface area (TPSA) is 0 Å². The molecule has 0 bridgehead atoms. The average molecular weight is 153 g/mol. The maximum atomic E-state index is 2.40. The van der Waals surface area contributed by atoms with E-state index in [4.69, 9.17) is 0 Å². The first kappa shape index (κ1) is 9.09. The summed E-state index contributed by atoms with van der Waals surface area (Å²) in [5, 5.41) is 0. The largest absolute Gasteiger partial charge is 0.0625 e. The Morgan fingerprint density at radius 3 is 2.09 bits per heavy atom. The van der Waals surface area contributed by atoms with Crippen molar-refractivity contribution in [2.75, 3.05) is 0 Å². The molecule has 1 radical (unpaired) electrons. The highest BCUT2D eigenvalue weighted by Crippen LogP contribution is 2.34. The first-order valence-electron chi connectivity index (χ1n) is 5.00. The van der Waals surface area contributed by atoms with Gasteiger partial charge in [-0.25, -0.2) is 0 Å². The van der Waals surface area contributed by atoms with Gasteiger partial charge in [-0.2, -0.15) is 0 Å². The van der Waals surface area contributed by atoms with Crippen LogP contribution in [0.25, 0.3) is 0 Å². The third-order valence-electron chi connectivity index (χ3n) is 2.85. The van der Waals surface area contributed by atoms with Crippen LogP contribution in [0, 0.1) is 24.2 Å². The van der Waals surface area contributed by atoms with Crippen molar-refractivity contribution in [1.29, 1.82) is 0 Å². The maximum Gasteiger partial charge on any atom is -0.0407 e. The zero-order valence-electron chi connectivity index (χ0n) is 8.14. The molecule has 1 aliphatic carbocycles. The standard InChI is InChI=1S/C11H21/c1-4-5-11-7-9(2)6-10(3)8-11/h4,9-11H,5-8H2,1-3H3. The number of hydrogen-bond acceptors (Lipinski definition) is 0. The van der Waals surface area contributed by atoms with Crippen LogP contribution in [0.1, 0.15) is 46.5 Å². The summed E-state index contributed by atoms with van der Waals surface area (Å²) in [6, 6.07) is 0. The van der Waals surface area contributed by atoms with Crippen LogP contribution in [0.5, 0.6) is 0 Å². The Labute approximate surface area is 71.4 Å². The van der Waals surface area contributed by atoms with Gasteiger partial charge in [0.15, 0.2) is 0 Å². The Kier molecular flexibility index (Phi) is 3.42. The van der Waals surface area contributed by atoms with Gasteiger partial charge in [-0.15, -0.1) is 0 Å². The van der Waals surface area contributed by atoms with E-state index in [-0.39, 0.29) is 0 Å². The highest BCUT2D eigenvalue weighted by molar-refractivity contribution is 4.77. The quantitative estimate of drug-likeness (QED) is 0.568. The number of hydrogen-bond donors (Lipinski definition) is 0. The van der Waals surface area contributed by atoms with Crippen molar-refractivity contribution in [3.05, 3.63) is 6.42 Å². The number of rotatable bonds is 2. The van der Waals surface area contributed by atoms with Crippen LogP contribution in [0.4, 0.5) is 0 Å². The molecule has 0 aromatic rings. The molecular formula is C11H21. The van der Waals surface area contributed by atoms with Crippen LogP contribution >= 0.6 is 0 Å². The molecule has 0 heterocycles. The molecule has 1 aliphatic rings. The van der Waals surface area contributed by atoms with E-state index in [0.717, 1.165) is 17.8 Å². The molecule has 11 heavy (non-hydrogen) atoms. The fourth-order valence-electron chi connectivity index (χ4n) is 2.64. The molecule has 0 aromatic carbocycles. The Balaban J connectivity index is 2.30. The normalized spacial score (nSPS) is 39.0. The average Bonchev–Trinajstić information content (AvgIpc) is 1.85. The summed E-state index contributed by atoms with van der Waals surface area (Å²) in [5.41, 5.74) is 0. The highest BCUT2D eigenvalue weighted by atomic mass is 14.3. The second kappa shape index (κ2) is 4.13. The molecule has 0 spiro atoms. The van der Waals surface area contributed by atoms with Gasteiger partial charge in [0.05, 0.1) is 0 Å². The molecular weight excluding hydrogens is 132 g/mol. The van der Waals surface area contributed by atoms with Gasteiger partial charge in [-0.05, 0) is 49.9 Å². The first-order chi connectivity index (χ1) is 5.22. The third-order valence-corrected chi connectivity index (χ3v) is 2.85. The van der Waals surface area contributed by atoms with Crippen LogP contribution in [0.3, 0.4) is 0 Å². The Morgan fingerprint density at radius 2 is 1.64 bits per heavy atom. The summed E-state index contributed by atoms with van der Waals surface area (Å²) in [5.74, 6) is 2.95. The van der Waals surface area contributed by atoms with Crippen molar-refractivity contribution < 1.29 is 0 Å². The van der Waals surface area contributed by atoms with Crippen molar-refractivity contribution in [3.63, 3.8) is 0 Å². The molecule has 2 atom stereocenters. The second-order valence-corrected chi connectivity index (χ2v) is 4.43. The summed E-state index contributed by atoms with van der Waals surface area (Å²) < 4.78 is 0. The van der Waals surface area contributed by atoms with Gasteiger partial charge >= 0.3 is 0 Å². The molecule has 0 aromatic heterocycles. The van der Waals surface area contributed by atoms with E-state index >= 15 is 0 Å². The van der Waals surface area contributed by atoms with Crippen molar-refractivity contribution >= 4 is 0 Å². The lowest BCUT2D eigenvalue weighted by Crippen LogP contribution is -2.19. The van der Waals surface area contributed by atoms with E-state index in [1.807, 2.05) is 0 Å². The highest BCUT2D eigenvalue weighted by Gasteiger charge is 2.22. The van der Waals surface area contributed by atoms with Gasteiger partial charge in [0.2, 0.25) is 0 Å². The van der Waals surface area contributed by atoms with Crippen LogP contribution in [0.15, 0.2) is 0 Å².